The summed E-state index contributed by atoms with van der Waals surface area (Å²) in [6, 6.07) is 7.80. The van der Waals surface area contributed by atoms with Crippen molar-refractivity contribution >= 4 is 28.6 Å². The summed E-state index contributed by atoms with van der Waals surface area (Å²) in [6.07, 6.45) is -1.32. The molecule has 9 heteroatoms. The van der Waals surface area contributed by atoms with Crippen LogP contribution in [-0.2, 0) is 6.42 Å². The van der Waals surface area contributed by atoms with Crippen LogP contribution in [0.15, 0.2) is 41.2 Å². The third-order valence-corrected chi connectivity index (χ3v) is 4.02. The van der Waals surface area contributed by atoms with Crippen LogP contribution < -0.4 is 10.9 Å². The van der Waals surface area contributed by atoms with Crippen LogP contribution >= 0.6 is 11.6 Å². The molecule has 0 unspecified atom stereocenters. The van der Waals surface area contributed by atoms with E-state index in [-0.39, 0.29) is 34.7 Å². The smallest absolute Gasteiger partial charge is 0.404 e. The lowest BCUT2D eigenvalue weighted by atomic mass is 10.2. The molecule has 2 N–H and O–H groups in total. The van der Waals surface area contributed by atoms with E-state index in [1.54, 1.807) is 12.1 Å². The minimum atomic E-state index is -1.26. The third kappa shape index (κ3) is 3.23. The second-order valence-electron chi connectivity index (χ2n) is 5.35. The molecular formula is C17H12ClF2N3O3. The zero-order valence-corrected chi connectivity index (χ0v) is 13.9. The van der Waals surface area contributed by atoms with Gasteiger partial charge in [0.25, 0.3) is 5.56 Å². The molecule has 0 fully saturated rings. The SMILES string of the molecule is O=C(O)NCCc1nc2cccc(Cl)c2c(=O)n1-c1c(F)cccc1F. The molecule has 0 saturated carbocycles. The minimum Gasteiger partial charge on any atom is -0.465 e. The van der Waals surface area contributed by atoms with E-state index in [2.05, 4.69) is 10.3 Å². The molecular weight excluding hydrogens is 368 g/mol. The van der Waals surface area contributed by atoms with Crippen molar-refractivity contribution in [1.82, 2.24) is 14.9 Å². The first-order valence-electron chi connectivity index (χ1n) is 7.51. The van der Waals surface area contributed by atoms with E-state index in [1.165, 1.54) is 12.1 Å². The predicted molar refractivity (Wildman–Crippen MR) is 92.0 cm³/mol. The van der Waals surface area contributed by atoms with E-state index < -0.39 is 29.0 Å². The fraction of sp³-hybridized carbons (Fsp3) is 0.118. The largest absolute Gasteiger partial charge is 0.465 e. The summed E-state index contributed by atoms with van der Waals surface area (Å²) in [7, 11) is 0. The molecule has 3 rings (SSSR count). The van der Waals surface area contributed by atoms with Crippen molar-refractivity contribution in [3.05, 3.63) is 69.2 Å². The predicted octanol–water partition coefficient (Wildman–Crippen LogP) is 3.13. The quantitative estimate of drug-likeness (QED) is 0.729. The molecule has 26 heavy (non-hydrogen) atoms. The lowest BCUT2D eigenvalue weighted by Crippen LogP contribution is -2.29. The molecule has 0 bridgehead atoms. The number of carboxylic acid groups (broad SMARTS) is 1. The van der Waals surface area contributed by atoms with Crippen LogP contribution in [0.4, 0.5) is 13.6 Å². The molecule has 0 spiro atoms. The molecule has 0 atom stereocenters. The van der Waals surface area contributed by atoms with Crippen molar-refractivity contribution in [3.63, 3.8) is 0 Å². The van der Waals surface area contributed by atoms with Crippen molar-refractivity contribution in [3.8, 4) is 5.69 Å². The van der Waals surface area contributed by atoms with Crippen molar-refractivity contribution in [2.45, 2.75) is 6.42 Å². The van der Waals surface area contributed by atoms with Crippen molar-refractivity contribution in [2.24, 2.45) is 0 Å². The molecule has 1 amide bonds. The van der Waals surface area contributed by atoms with E-state index in [1.807, 2.05) is 0 Å². The highest BCUT2D eigenvalue weighted by atomic mass is 35.5. The zero-order valence-electron chi connectivity index (χ0n) is 13.2. The molecule has 1 heterocycles. The standard InChI is InChI=1S/C17H12ClF2N3O3/c18-9-3-1-6-12-14(9)16(24)23(13(22-12)7-8-21-17(25)26)15-10(19)4-2-5-11(15)20/h1-6,21H,7-8H2,(H,25,26). The Morgan fingerprint density at radius 2 is 1.85 bits per heavy atom. The second-order valence-corrected chi connectivity index (χ2v) is 5.76. The van der Waals surface area contributed by atoms with Gasteiger partial charge in [-0.05, 0) is 24.3 Å². The van der Waals surface area contributed by atoms with E-state index in [4.69, 9.17) is 16.7 Å². The van der Waals surface area contributed by atoms with Gasteiger partial charge in [-0.1, -0.05) is 23.7 Å². The lowest BCUT2D eigenvalue weighted by Gasteiger charge is -2.15. The number of carbonyl (C=O) groups is 1. The molecule has 0 radical (unpaired) electrons. The van der Waals surface area contributed by atoms with Crippen LogP contribution in [0.5, 0.6) is 0 Å². The van der Waals surface area contributed by atoms with E-state index in [0.29, 0.717) is 0 Å². The summed E-state index contributed by atoms with van der Waals surface area (Å²) in [5, 5.41) is 10.9. The van der Waals surface area contributed by atoms with Gasteiger partial charge in [0.2, 0.25) is 0 Å². The Bertz CT molecular complexity index is 1050. The molecule has 1 aromatic heterocycles. The van der Waals surface area contributed by atoms with Gasteiger partial charge in [0, 0.05) is 13.0 Å². The number of fused-ring (bicyclic) bond motifs is 1. The van der Waals surface area contributed by atoms with Crippen LogP contribution in [0.25, 0.3) is 16.6 Å². The summed E-state index contributed by atoms with van der Waals surface area (Å²) < 4.78 is 29.3. The molecule has 3 aromatic rings. The third-order valence-electron chi connectivity index (χ3n) is 3.70. The van der Waals surface area contributed by atoms with Crippen LogP contribution in [-0.4, -0.2) is 27.3 Å². The van der Waals surface area contributed by atoms with Crippen LogP contribution in [0.2, 0.25) is 5.02 Å². The summed E-state index contributed by atoms with van der Waals surface area (Å²) >= 11 is 6.07. The highest BCUT2D eigenvalue weighted by molar-refractivity contribution is 6.35. The number of benzene rings is 2. The monoisotopic (exact) mass is 379 g/mol. The van der Waals surface area contributed by atoms with Gasteiger partial charge in [-0.25, -0.2) is 18.6 Å². The molecule has 0 aliphatic heterocycles. The van der Waals surface area contributed by atoms with Crippen LogP contribution in [0.1, 0.15) is 5.82 Å². The highest BCUT2D eigenvalue weighted by Crippen LogP contribution is 2.23. The first kappa shape index (κ1) is 17.8. The number of hydrogen-bond acceptors (Lipinski definition) is 3. The fourth-order valence-electron chi connectivity index (χ4n) is 2.62. The summed E-state index contributed by atoms with van der Waals surface area (Å²) in [5.41, 5.74) is -1.08. The maximum absolute atomic E-state index is 14.3. The average molecular weight is 380 g/mol. The highest BCUT2D eigenvalue weighted by Gasteiger charge is 2.20. The Balaban J connectivity index is 2.30. The van der Waals surface area contributed by atoms with Crippen LogP contribution in [0.3, 0.4) is 0 Å². The number of nitrogens with one attached hydrogen (secondary N) is 1. The Morgan fingerprint density at radius 1 is 1.19 bits per heavy atom. The Morgan fingerprint density at radius 3 is 2.50 bits per heavy atom. The molecule has 0 aliphatic carbocycles. The first-order valence-corrected chi connectivity index (χ1v) is 7.89. The van der Waals surface area contributed by atoms with Crippen LogP contribution in [0, 0.1) is 11.6 Å². The summed E-state index contributed by atoms with van der Waals surface area (Å²) in [4.78, 5) is 27.8. The second kappa shape index (κ2) is 7.09. The number of para-hydroxylation sites is 1. The van der Waals surface area contributed by atoms with Gasteiger partial charge in [0.1, 0.15) is 23.1 Å². The number of rotatable bonds is 4. The van der Waals surface area contributed by atoms with Gasteiger partial charge in [-0.15, -0.1) is 0 Å². The zero-order chi connectivity index (χ0) is 18.8. The maximum atomic E-state index is 14.3. The Kier molecular flexibility index (Phi) is 4.85. The Hall–Kier alpha value is -3.00. The summed E-state index contributed by atoms with van der Waals surface area (Å²) in [5.74, 6) is -1.90. The van der Waals surface area contributed by atoms with Gasteiger partial charge in [-0.2, -0.15) is 0 Å². The summed E-state index contributed by atoms with van der Waals surface area (Å²) in [6.45, 7) is -0.0933. The van der Waals surface area contributed by atoms with Crippen molar-refractivity contribution in [1.29, 1.82) is 0 Å². The fourth-order valence-corrected chi connectivity index (χ4v) is 2.87. The number of hydrogen-bond donors (Lipinski definition) is 2. The first-order chi connectivity index (χ1) is 12.4. The number of aromatic nitrogens is 2. The molecule has 0 aliphatic rings. The minimum absolute atomic E-state index is 0.00233. The molecule has 0 saturated heterocycles. The van der Waals surface area contributed by atoms with Crippen molar-refractivity contribution in [2.75, 3.05) is 6.54 Å². The number of nitrogens with zero attached hydrogens (tertiary/aromatic N) is 2. The van der Waals surface area contributed by atoms with E-state index >= 15 is 0 Å². The average Bonchev–Trinajstić information content (AvgIpc) is 2.56. The number of halogens is 3. The van der Waals surface area contributed by atoms with Gasteiger partial charge < -0.3 is 10.4 Å². The number of amides is 1. The van der Waals surface area contributed by atoms with E-state index in [9.17, 15) is 18.4 Å². The lowest BCUT2D eigenvalue weighted by molar-refractivity contribution is 0.194. The molecule has 2 aromatic carbocycles. The Labute approximate surface area is 150 Å². The molecule has 6 nitrogen and oxygen atoms in total. The van der Waals surface area contributed by atoms with Gasteiger partial charge in [0.05, 0.1) is 15.9 Å². The van der Waals surface area contributed by atoms with Gasteiger partial charge >= 0.3 is 6.09 Å². The van der Waals surface area contributed by atoms with Crippen molar-refractivity contribution < 1.29 is 18.7 Å². The molecule has 134 valence electrons. The maximum Gasteiger partial charge on any atom is 0.404 e. The normalized spacial score (nSPS) is 10.9. The van der Waals surface area contributed by atoms with E-state index in [0.717, 1.165) is 16.7 Å². The van der Waals surface area contributed by atoms with Gasteiger partial charge in [0.15, 0.2) is 0 Å². The van der Waals surface area contributed by atoms with Gasteiger partial charge in [-0.3, -0.25) is 9.36 Å². The topological polar surface area (TPSA) is 84.2 Å².